The zero-order chi connectivity index (χ0) is 18.3. The third kappa shape index (κ3) is 2.28. The molecule has 1 aromatic rings. The fourth-order valence-electron chi connectivity index (χ4n) is 3.68. The summed E-state index contributed by atoms with van der Waals surface area (Å²) in [5.41, 5.74) is 0.926. The second-order valence-electron chi connectivity index (χ2n) is 6.30. The van der Waals surface area contributed by atoms with Crippen molar-refractivity contribution in [1.29, 1.82) is 0 Å². The summed E-state index contributed by atoms with van der Waals surface area (Å²) in [6, 6.07) is 5.58. The summed E-state index contributed by atoms with van der Waals surface area (Å²) in [4.78, 5) is 14.4. The zero-order valence-corrected chi connectivity index (χ0v) is 14.9. The Kier molecular flexibility index (Phi) is 3.89. The maximum absolute atomic E-state index is 12.4. The molecule has 3 aliphatic rings. The molecule has 6 heteroatoms. The fourth-order valence-corrected chi connectivity index (χ4v) is 3.68. The van der Waals surface area contributed by atoms with Gasteiger partial charge in [0, 0.05) is 12.1 Å². The highest BCUT2D eigenvalue weighted by Gasteiger charge is 2.51. The van der Waals surface area contributed by atoms with Crippen LogP contribution in [0.15, 0.2) is 41.4 Å². The molecule has 1 saturated heterocycles. The van der Waals surface area contributed by atoms with Crippen LogP contribution in [0.3, 0.4) is 0 Å². The SMILES string of the molecule is COC1=C(OC)[C@]2(C#Cc3ccc4c(c3)OCO4)C(=CC1=O)CCN2C. The van der Waals surface area contributed by atoms with Crippen LogP contribution >= 0.6 is 0 Å². The zero-order valence-electron chi connectivity index (χ0n) is 14.9. The van der Waals surface area contributed by atoms with Gasteiger partial charge in [0.25, 0.3) is 0 Å². The van der Waals surface area contributed by atoms with Gasteiger partial charge in [-0.05, 0) is 43.3 Å². The van der Waals surface area contributed by atoms with E-state index in [1.165, 1.54) is 7.11 Å². The van der Waals surface area contributed by atoms with Gasteiger partial charge in [-0.15, -0.1) is 0 Å². The molecule has 26 heavy (non-hydrogen) atoms. The number of carbonyl (C=O) groups is 1. The lowest BCUT2D eigenvalue weighted by atomic mass is 9.83. The minimum Gasteiger partial charge on any atom is -0.494 e. The summed E-state index contributed by atoms with van der Waals surface area (Å²) < 4.78 is 21.7. The van der Waals surface area contributed by atoms with Gasteiger partial charge in [-0.25, -0.2) is 0 Å². The molecule has 0 N–H and O–H groups in total. The van der Waals surface area contributed by atoms with Gasteiger partial charge in [-0.2, -0.15) is 0 Å². The number of allylic oxidation sites excluding steroid dienone is 1. The van der Waals surface area contributed by atoms with Gasteiger partial charge in [0.05, 0.1) is 14.2 Å². The lowest BCUT2D eigenvalue weighted by Crippen LogP contribution is -2.46. The van der Waals surface area contributed by atoms with Gasteiger partial charge in [0.15, 0.2) is 22.8 Å². The van der Waals surface area contributed by atoms with Crippen LogP contribution in [0.1, 0.15) is 12.0 Å². The van der Waals surface area contributed by atoms with E-state index in [0.29, 0.717) is 11.5 Å². The fraction of sp³-hybridized carbons (Fsp3) is 0.350. The van der Waals surface area contributed by atoms with Crippen LogP contribution in [-0.4, -0.2) is 50.8 Å². The first-order chi connectivity index (χ1) is 12.6. The van der Waals surface area contributed by atoms with Crippen molar-refractivity contribution < 1.29 is 23.7 Å². The molecule has 4 rings (SSSR count). The second kappa shape index (κ2) is 6.11. The van der Waals surface area contributed by atoms with Crippen LogP contribution in [0.5, 0.6) is 11.5 Å². The molecule has 1 aromatic carbocycles. The summed E-state index contributed by atoms with van der Waals surface area (Å²) in [7, 11) is 4.98. The Morgan fingerprint density at radius 1 is 1.19 bits per heavy atom. The monoisotopic (exact) mass is 353 g/mol. The normalized spacial score (nSPS) is 24.0. The summed E-state index contributed by atoms with van der Waals surface area (Å²) in [5.74, 6) is 8.40. The molecule has 0 bridgehead atoms. The molecule has 0 aromatic heterocycles. The van der Waals surface area contributed by atoms with E-state index in [4.69, 9.17) is 18.9 Å². The molecule has 0 spiro atoms. The number of hydrogen-bond acceptors (Lipinski definition) is 6. The van der Waals surface area contributed by atoms with Crippen molar-refractivity contribution >= 4 is 5.78 Å². The van der Waals surface area contributed by atoms with Crippen LogP contribution in [-0.2, 0) is 14.3 Å². The molecular formula is C20H19NO5. The Balaban J connectivity index is 1.83. The van der Waals surface area contributed by atoms with Crippen molar-refractivity contribution in [2.45, 2.75) is 12.0 Å². The minimum atomic E-state index is -0.801. The van der Waals surface area contributed by atoms with Crippen LogP contribution in [0, 0.1) is 11.8 Å². The Hall–Kier alpha value is -2.91. The van der Waals surface area contributed by atoms with Gasteiger partial charge in [0.1, 0.15) is 0 Å². The number of methoxy groups -OCH3 is 2. The van der Waals surface area contributed by atoms with Gasteiger partial charge in [-0.3, -0.25) is 9.69 Å². The van der Waals surface area contributed by atoms with E-state index in [-0.39, 0.29) is 18.3 Å². The molecule has 6 nitrogen and oxygen atoms in total. The highest BCUT2D eigenvalue weighted by Crippen LogP contribution is 2.43. The van der Waals surface area contributed by atoms with Crippen molar-refractivity contribution in [3.8, 4) is 23.3 Å². The third-order valence-electron chi connectivity index (χ3n) is 4.99. The average Bonchev–Trinajstić information content (AvgIpc) is 3.23. The van der Waals surface area contributed by atoms with Gasteiger partial charge < -0.3 is 18.9 Å². The van der Waals surface area contributed by atoms with Crippen molar-refractivity contribution in [2.75, 3.05) is 34.6 Å². The van der Waals surface area contributed by atoms with Crippen LogP contribution in [0.25, 0.3) is 0 Å². The largest absolute Gasteiger partial charge is 0.494 e. The van der Waals surface area contributed by atoms with Crippen molar-refractivity contribution in [3.05, 3.63) is 46.9 Å². The number of rotatable bonds is 2. The van der Waals surface area contributed by atoms with E-state index in [1.54, 1.807) is 13.2 Å². The number of ether oxygens (including phenoxy) is 4. The lowest BCUT2D eigenvalue weighted by Gasteiger charge is -2.36. The topological polar surface area (TPSA) is 57.2 Å². The molecule has 1 aliphatic carbocycles. The number of ketones is 1. The molecule has 134 valence electrons. The standard InChI is InChI=1S/C20H19NO5/c1-21-9-7-14-11-15(22)18(23-2)19(24-3)20(14,21)8-6-13-4-5-16-17(10-13)26-12-25-16/h4-5,10-11H,7,9,12H2,1-3H3/t20-/m0/s1. The van der Waals surface area contributed by atoms with Crippen molar-refractivity contribution in [3.63, 3.8) is 0 Å². The van der Waals surface area contributed by atoms with Gasteiger partial charge >= 0.3 is 0 Å². The maximum Gasteiger partial charge on any atom is 0.231 e. The molecule has 2 aliphatic heterocycles. The number of likely N-dealkylation sites (N-methyl/N-ethyl adjacent to an activating group) is 1. The van der Waals surface area contributed by atoms with Crippen molar-refractivity contribution in [2.24, 2.45) is 0 Å². The highest BCUT2D eigenvalue weighted by molar-refractivity contribution is 6.05. The summed E-state index contributed by atoms with van der Waals surface area (Å²) >= 11 is 0. The maximum atomic E-state index is 12.4. The predicted molar refractivity (Wildman–Crippen MR) is 93.6 cm³/mol. The molecular weight excluding hydrogens is 334 g/mol. The molecule has 0 radical (unpaired) electrons. The smallest absolute Gasteiger partial charge is 0.231 e. The van der Waals surface area contributed by atoms with E-state index in [9.17, 15) is 4.79 Å². The number of carbonyl (C=O) groups excluding carboxylic acids is 1. The van der Waals surface area contributed by atoms with Gasteiger partial charge in [0.2, 0.25) is 18.3 Å². The molecule has 1 atom stereocenters. The predicted octanol–water partition coefficient (Wildman–Crippen LogP) is 1.85. The molecule has 0 amide bonds. The number of nitrogens with zero attached hydrogens (tertiary/aromatic N) is 1. The Morgan fingerprint density at radius 3 is 2.77 bits per heavy atom. The molecule has 0 saturated carbocycles. The third-order valence-corrected chi connectivity index (χ3v) is 4.99. The summed E-state index contributed by atoms with van der Waals surface area (Å²) in [6.07, 6.45) is 2.38. The minimum absolute atomic E-state index is 0.185. The number of fused-ring (bicyclic) bond motifs is 2. The van der Waals surface area contributed by atoms with E-state index in [2.05, 4.69) is 16.7 Å². The van der Waals surface area contributed by atoms with Crippen LogP contribution in [0.2, 0.25) is 0 Å². The van der Waals surface area contributed by atoms with E-state index in [1.807, 2.05) is 25.2 Å². The molecule has 0 unspecified atom stereocenters. The van der Waals surface area contributed by atoms with Crippen LogP contribution in [0.4, 0.5) is 0 Å². The molecule has 1 fully saturated rings. The van der Waals surface area contributed by atoms with Crippen molar-refractivity contribution in [1.82, 2.24) is 4.90 Å². The Morgan fingerprint density at radius 2 is 2.00 bits per heavy atom. The Labute approximate surface area is 152 Å². The van der Waals surface area contributed by atoms with E-state index >= 15 is 0 Å². The first kappa shape index (κ1) is 16.6. The molecule has 2 heterocycles. The Bertz CT molecular complexity index is 905. The number of benzene rings is 1. The lowest BCUT2D eigenvalue weighted by molar-refractivity contribution is -0.115. The quantitative estimate of drug-likeness (QED) is 0.757. The highest BCUT2D eigenvalue weighted by atomic mass is 16.7. The number of hydrogen-bond donors (Lipinski definition) is 0. The van der Waals surface area contributed by atoms with Gasteiger partial charge in [-0.1, -0.05) is 11.8 Å². The first-order valence-corrected chi connectivity index (χ1v) is 8.32. The summed E-state index contributed by atoms with van der Waals surface area (Å²) in [6.45, 7) is 1.00. The second-order valence-corrected chi connectivity index (χ2v) is 6.30. The van der Waals surface area contributed by atoms with Crippen LogP contribution < -0.4 is 9.47 Å². The average molecular weight is 353 g/mol. The first-order valence-electron chi connectivity index (χ1n) is 8.32. The van der Waals surface area contributed by atoms with E-state index < -0.39 is 5.54 Å². The van der Waals surface area contributed by atoms with E-state index in [0.717, 1.165) is 29.9 Å². The number of likely N-dealkylation sites (tertiary alicyclic amines) is 1. The summed E-state index contributed by atoms with van der Waals surface area (Å²) in [5, 5.41) is 0.